The van der Waals surface area contributed by atoms with Crippen LogP contribution in [0.4, 0.5) is 0 Å². The Morgan fingerprint density at radius 2 is 2.12 bits per heavy atom. The van der Waals surface area contributed by atoms with Crippen molar-refractivity contribution in [1.29, 1.82) is 0 Å². The van der Waals surface area contributed by atoms with Crippen molar-refractivity contribution < 1.29 is 9.90 Å². The highest BCUT2D eigenvalue weighted by Crippen LogP contribution is 1.84. The van der Waals surface area contributed by atoms with E-state index in [4.69, 9.17) is 5.11 Å². The first-order chi connectivity index (χ1) is 3.63. The predicted molar refractivity (Wildman–Crippen MR) is 30.2 cm³/mol. The molecule has 0 amide bonds. The number of hydrogen-bond donors (Lipinski definition) is 1. The Morgan fingerprint density at radius 3 is 2.25 bits per heavy atom. The molecule has 2 nitrogen and oxygen atoms in total. The van der Waals surface area contributed by atoms with E-state index in [9.17, 15) is 4.79 Å². The van der Waals surface area contributed by atoms with Gasteiger partial charge in [-0.25, -0.2) is 4.79 Å². The summed E-state index contributed by atoms with van der Waals surface area (Å²) in [6.45, 7) is 3.69. The first-order valence-corrected chi connectivity index (χ1v) is 2.37. The van der Waals surface area contributed by atoms with Crippen LogP contribution >= 0.6 is 0 Å². The summed E-state index contributed by atoms with van der Waals surface area (Å²) in [5, 5.41) is 7.99. The zero-order valence-electron chi connectivity index (χ0n) is 4.93. The smallest absolute Gasteiger partial charge is 0.381 e. The van der Waals surface area contributed by atoms with Crippen LogP contribution in [0, 0.1) is 17.8 Å². The minimum Gasteiger partial charge on any atom is -0.472 e. The van der Waals surface area contributed by atoms with Crippen molar-refractivity contribution in [2.75, 3.05) is 0 Å². The average Bonchev–Trinajstić information content (AvgIpc) is 1.61. The third-order valence-corrected chi connectivity index (χ3v) is 0.468. The van der Waals surface area contributed by atoms with Crippen LogP contribution in [0.3, 0.4) is 0 Å². The molecule has 0 aromatic rings. The Balaban J connectivity index is 3.68. The molecule has 0 fully saturated rings. The minimum absolute atomic E-state index is 0.145. The standard InChI is InChI=1S/C6H8O2/c1-5(2)3-4-6(7)8/h5H,1-2H3,(H,7,8). The van der Waals surface area contributed by atoms with Gasteiger partial charge in [0.25, 0.3) is 0 Å². The van der Waals surface area contributed by atoms with Crippen molar-refractivity contribution in [2.45, 2.75) is 13.8 Å². The number of carboxylic acid groups (broad SMARTS) is 1. The van der Waals surface area contributed by atoms with Gasteiger partial charge in [0.2, 0.25) is 0 Å². The zero-order valence-corrected chi connectivity index (χ0v) is 4.93. The predicted octanol–water partition coefficient (Wildman–Crippen LogP) is 0.730. The highest BCUT2D eigenvalue weighted by atomic mass is 16.4. The van der Waals surface area contributed by atoms with Gasteiger partial charge in [-0.1, -0.05) is 19.8 Å². The van der Waals surface area contributed by atoms with Gasteiger partial charge in [-0.15, -0.1) is 0 Å². The summed E-state index contributed by atoms with van der Waals surface area (Å²) < 4.78 is 0. The van der Waals surface area contributed by atoms with Crippen molar-refractivity contribution in [3.05, 3.63) is 0 Å². The molecule has 0 saturated heterocycles. The Morgan fingerprint density at radius 1 is 1.62 bits per heavy atom. The lowest BCUT2D eigenvalue weighted by Gasteiger charge is -1.83. The van der Waals surface area contributed by atoms with Crippen molar-refractivity contribution >= 4 is 5.97 Å². The second-order valence-corrected chi connectivity index (χ2v) is 1.73. The highest BCUT2D eigenvalue weighted by Gasteiger charge is 1.84. The Labute approximate surface area is 48.5 Å². The average molecular weight is 112 g/mol. The molecule has 0 aromatic heterocycles. The van der Waals surface area contributed by atoms with E-state index in [1.54, 1.807) is 0 Å². The molecule has 0 heterocycles. The molecule has 0 saturated carbocycles. The molecule has 0 atom stereocenters. The van der Waals surface area contributed by atoms with Crippen LogP contribution < -0.4 is 0 Å². The number of hydrogen-bond acceptors (Lipinski definition) is 1. The molecule has 0 rings (SSSR count). The van der Waals surface area contributed by atoms with Gasteiger partial charge < -0.3 is 5.11 Å². The first-order valence-electron chi connectivity index (χ1n) is 2.37. The Bertz CT molecular complexity index is 136. The van der Waals surface area contributed by atoms with Crippen LogP contribution in [-0.4, -0.2) is 11.1 Å². The normalized spacial score (nSPS) is 7.88. The van der Waals surface area contributed by atoms with Crippen LogP contribution in [0.25, 0.3) is 0 Å². The molecule has 0 unspecified atom stereocenters. The summed E-state index contributed by atoms with van der Waals surface area (Å²) in [4.78, 5) is 9.73. The molecule has 0 aliphatic heterocycles. The molecule has 8 heavy (non-hydrogen) atoms. The largest absolute Gasteiger partial charge is 0.472 e. The number of rotatable bonds is 0. The fourth-order valence-corrected chi connectivity index (χ4v) is 0.206. The van der Waals surface area contributed by atoms with E-state index in [1.165, 1.54) is 0 Å². The molecule has 2 heteroatoms. The summed E-state index contributed by atoms with van der Waals surface area (Å²) in [5.74, 6) is 3.59. The van der Waals surface area contributed by atoms with Crippen molar-refractivity contribution in [3.8, 4) is 11.8 Å². The van der Waals surface area contributed by atoms with E-state index in [0.29, 0.717) is 0 Å². The second kappa shape index (κ2) is 3.09. The minimum atomic E-state index is -1.06. The fraction of sp³-hybridized carbons (Fsp3) is 0.500. The molecule has 0 spiro atoms. The lowest BCUT2D eigenvalue weighted by atomic mass is 10.2. The van der Waals surface area contributed by atoms with Gasteiger partial charge in [0.1, 0.15) is 0 Å². The van der Waals surface area contributed by atoms with Crippen LogP contribution in [0.1, 0.15) is 13.8 Å². The van der Waals surface area contributed by atoms with E-state index >= 15 is 0 Å². The Kier molecular flexibility index (Phi) is 2.71. The summed E-state index contributed by atoms with van der Waals surface area (Å²) in [6.07, 6.45) is 0. The molecule has 0 bridgehead atoms. The van der Waals surface area contributed by atoms with Crippen molar-refractivity contribution in [3.63, 3.8) is 0 Å². The van der Waals surface area contributed by atoms with Crippen LogP contribution in [0.15, 0.2) is 0 Å². The monoisotopic (exact) mass is 112 g/mol. The van der Waals surface area contributed by atoms with E-state index in [1.807, 2.05) is 19.8 Å². The molecule has 0 radical (unpaired) electrons. The Hall–Kier alpha value is -0.970. The number of carboxylic acids is 1. The summed E-state index contributed by atoms with van der Waals surface area (Å²) in [7, 11) is 0. The molecule has 1 N–H and O–H groups in total. The van der Waals surface area contributed by atoms with Gasteiger partial charge in [-0.2, -0.15) is 0 Å². The second-order valence-electron chi connectivity index (χ2n) is 1.73. The maximum atomic E-state index is 9.73. The summed E-state index contributed by atoms with van der Waals surface area (Å²) >= 11 is 0. The van der Waals surface area contributed by atoms with E-state index in [-0.39, 0.29) is 5.92 Å². The van der Waals surface area contributed by atoms with Crippen molar-refractivity contribution in [1.82, 2.24) is 0 Å². The molecular formula is C6H8O2. The van der Waals surface area contributed by atoms with Gasteiger partial charge in [0, 0.05) is 11.8 Å². The quantitative estimate of drug-likeness (QED) is 0.469. The third-order valence-electron chi connectivity index (χ3n) is 0.468. The first kappa shape index (κ1) is 7.03. The zero-order chi connectivity index (χ0) is 6.57. The van der Waals surface area contributed by atoms with E-state index < -0.39 is 5.97 Å². The van der Waals surface area contributed by atoms with Gasteiger partial charge >= 0.3 is 5.97 Å². The molecule has 0 aromatic carbocycles. The van der Waals surface area contributed by atoms with Gasteiger partial charge in [-0.05, 0) is 0 Å². The van der Waals surface area contributed by atoms with Gasteiger partial charge in [0.15, 0.2) is 0 Å². The molecule has 0 aliphatic carbocycles. The van der Waals surface area contributed by atoms with Crippen LogP contribution in [0.2, 0.25) is 0 Å². The maximum Gasteiger partial charge on any atom is 0.381 e. The van der Waals surface area contributed by atoms with Crippen molar-refractivity contribution in [2.24, 2.45) is 5.92 Å². The third kappa shape index (κ3) is 5.03. The number of aliphatic carboxylic acids is 1. The maximum absolute atomic E-state index is 9.73. The summed E-state index contributed by atoms with van der Waals surface area (Å²) in [5.41, 5.74) is 0. The summed E-state index contributed by atoms with van der Waals surface area (Å²) in [6, 6.07) is 0. The molecule has 44 valence electrons. The lowest BCUT2D eigenvalue weighted by Crippen LogP contribution is -1.88. The molecule has 0 aliphatic rings. The van der Waals surface area contributed by atoms with Crippen LogP contribution in [-0.2, 0) is 4.79 Å². The van der Waals surface area contributed by atoms with Gasteiger partial charge in [0.05, 0.1) is 0 Å². The van der Waals surface area contributed by atoms with Crippen LogP contribution in [0.5, 0.6) is 0 Å². The van der Waals surface area contributed by atoms with E-state index in [0.717, 1.165) is 0 Å². The lowest BCUT2D eigenvalue weighted by molar-refractivity contribution is -0.130. The van der Waals surface area contributed by atoms with Gasteiger partial charge in [-0.3, -0.25) is 0 Å². The highest BCUT2D eigenvalue weighted by molar-refractivity contribution is 5.86. The number of carbonyl (C=O) groups is 1. The fourth-order valence-electron chi connectivity index (χ4n) is 0.206. The van der Waals surface area contributed by atoms with E-state index in [2.05, 4.69) is 5.92 Å². The SMILES string of the molecule is CC(C)C#CC(=O)O. The topological polar surface area (TPSA) is 37.3 Å². The molecular weight excluding hydrogens is 104 g/mol.